The summed E-state index contributed by atoms with van der Waals surface area (Å²) in [6.07, 6.45) is 2.06. The van der Waals surface area contributed by atoms with Crippen LogP contribution in [0.15, 0.2) is 16.9 Å². The van der Waals surface area contributed by atoms with Gasteiger partial charge in [0.25, 0.3) is 5.91 Å². The van der Waals surface area contributed by atoms with E-state index in [0.29, 0.717) is 31.6 Å². The van der Waals surface area contributed by atoms with E-state index in [9.17, 15) is 14.4 Å². The van der Waals surface area contributed by atoms with Gasteiger partial charge in [-0.3, -0.25) is 14.4 Å². The van der Waals surface area contributed by atoms with E-state index < -0.39 is 0 Å². The van der Waals surface area contributed by atoms with Gasteiger partial charge in [-0.15, -0.1) is 0 Å². The van der Waals surface area contributed by atoms with Gasteiger partial charge in [-0.1, -0.05) is 6.92 Å². The molecule has 6 heteroatoms. The molecule has 0 saturated carbocycles. The van der Waals surface area contributed by atoms with Gasteiger partial charge in [0.15, 0.2) is 5.43 Å². The number of amides is 2. The van der Waals surface area contributed by atoms with Crippen molar-refractivity contribution < 1.29 is 9.59 Å². The molecule has 2 amide bonds. The van der Waals surface area contributed by atoms with Gasteiger partial charge >= 0.3 is 0 Å². The molecule has 0 radical (unpaired) electrons. The molecule has 0 spiro atoms. The predicted molar refractivity (Wildman–Crippen MR) is 88.3 cm³/mol. The molecule has 2 heterocycles. The number of carbonyl (C=O) groups excluding carboxylic acids is 2. The molecule has 1 aliphatic rings. The first-order chi connectivity index (χ1) is 10.8. The predicted octanol–water partition coefficient (Wildman–Crippen LogP) is 1.07. The van der Waals surface area contributed by atoms with Crippen molar-refractivity contribution in [1.29, 1.82) is 0 Å². The fourth-order valence-electron chi connectivity index (χ4n) is 3.28. The van der Waals surface area contributed by atoms with Gasteiger partial charge in [-0.05, 0) is 26.2 Å². The number of pyridine rings is 1. The fraction of sp³-hybridized carbons (Fsp3) is 0.588. The minimum Gasteiger partial charge on any atom is -0.359 e. The number of hydrogen-bond acceptors (Lipinski definition) is 3. The number of likely N-dealkylation sites (tertiary alicyclic amines) is 1. The zero-order chi connectivity index (χ0) is 17.2. The van der Waals surface area contributed by atoms with Crippen LogP contribution in [0.2, 0.25) is 0 Å². The Balaban J connectivity index is 2.19. The number of piperidine rings is 1. The molecular formula is C17H25N3O3. The molecule has 1 aromatic rings. The first kappa shape index (κ1) is 17.2. The van der Waals surface area contributed by atoms with Crippen LogP contribution in [0.5, 0.6) is 0 Å². The van der Waals surface area contributed by atoms with Crippen molar-refractivity contribution in [2.45, 2.75) is 33.1 Å². The van der Waals surface area contributed by atoms with Crippen LogP contribution in [0.3, 0.4) is 0 Å². The van der Waals surface area contributed by atoms with Crippen molar-refractivity contribution in [3.63, 3.8) is 0 Å². The zero-order valence-corrected chi connectivity index (χ0v) is 14.3. The highest BCUT2D eigenvalue weighted by atomic mass is 16.2. The number of aryl methyl sites for hydroxylation is 1. The molecule has 126 valence electrons. The standard InChI is InChI=1S/C17H25N3O3/c1-5-17(16(23)18-3)6-8-20(9-7-17)15(22)14-11-13(21)10-12(2)19(14)4/h10-11H,5-9H2,1-4H3,(H,18,23). The Morgan fingerprint density at radius 1 is 1.26 bits per heavy atom. The van der Waals surface area contributed by atoms with E-state index >= 15 is 0 Å². The zero-order valence-electron chi connectivity index (χ0n) is 14.3. The van der Waals surface area contributed by atoms with Gasteiger partial charge in [-0.2, -0.15) is 0 Å². The van der Waals surface area contributed by atoms with Crippen LogP contribution in [-0.2, 0) is 11.8 Å². The normalized spacial score (nSPS) is 17.0. The monoisotopic (exact) mass is 319 g/mol. The summed E-state index contributed by atoms with van der Waals surface area (Å²) in [5.74, 6) is -0.0926. The van der Waals surface area contributed by atoms with Crippen LogP contribution in [0.1, 0.15) is 42.4 Å². The summed E-state index contributed by atoms with van der Waals surface area (Å²) in [5.41, 5.74) is 0.614. The van der Waals surface area contributed by atoms with E-state index in [-0.39, 0.29) is 22.7 Å². The third-order valence-corrected chi connectivity index (χ3v) is 5.13. The van der Waals surface area contributed by atoms with Gasteiger partial charge in [0.1, 0.15) is 5.69 Å². The van der Waals surface area contributed by atoms with E-state index in [1.165, 1.54) is 12.1 Å². The van der Waals surface area contributed by atoms with Crippen molar-refractivity contribution in [3.05, 3.63) is 33.7 Å². The molecule has 6 nitrogen and oxygen atoms in total. The lowest BCUT2D eigenvalue weighted by Crippen LogP contribution is -2.49. The molecule has 0 aromatic carbocycles. The molecule has 1 N–H and O–H groups in total. The number of nitrogens with one attached hydrogen (secondary N) is 1. The molecule has 1 aliphatic heterocycles. The number of carbonyl (C=O) groups is 2. The number of aromatic nitrogens is 1. The van der Waals surface area contributed by atoms with Crippen LogP contribution in [0, 0.1) is 12.3 Å². The lowest BCUT2D eigenvalue weighted by Gasteiger charge is -2.40. The summed E-state index contributed by atoms with van der Waals surface area (Å²) in [5, 5.41) is 2.74. The minimum atomic E-state index is -0.385. The summed E-state index contributed by atoms with van der Waals surface area (Å²) in [6.45, 7) is 4.88. The lowest BCUT2D eigenvalue weighted by molar-refractivity contribution is -0.133. The highest BCUT2D eigenvalue weighted by molar-refractivity contribution is 5.93. The highest BCUT2D eigenvalue weighted by Crippen LogP contribution is 2.35. The van der Waals surface area contributed by atoms with Gasteiger partial charge in [0.2, 0.25) is 5.91 Å². The quantitative estimate of drug-likeness (QED) is 0.906. The van der Waals surface area contributed by atoms with Crippen molar-refractivity contribution in [3.8, 4) is 0 Å². The maximum Gasteiger partial charge on any atom is 0.270 e. The van der Waals surface area contributed by atoms with E-state index in [2.05, 4.69) is 5.32 Å². The van der Waals surface area contributed by atoms with Gasteiger partial charge in [-0.25, -0.2) is 0 Å². The second-order valence-electron chi connectivity index (χ2n) is 6.28. The Morgan fingerprint density at radius 3 is 2.39 bits per heavy atom. The van der Waals surface area contributed by atoms with Crippen molar-refractivity contribution in [2.75, 3.05) is 20.1 Å². The molecule has 1 aromatic heterocycles. The third-order valence-electron chi connectivity index (χ3n) is 5.13. The molecule has 1 fully saturated rings. The summed E-state index contributed by atoms with van der Waals surface area (Å²) in [4.78, 5) is 38.3. The number of rotatable bonds is 3. The van der Waals surface area contributed by atoms with Crippen molar-refractivity contribution >= 4 is 11.8 Å². The van der Waals surface area contributed by atoms with E-state index in [1.54, 1.807) is 23.6 Å². The fourth-order valence-corrected chi connectivity index (χ4v) is 3.28. The van der Waals surface area contributed by atoms with Crippen LogP contribution < -0.4 is 10.7 Å². The van der Waals surface area contributed by atoms with Crippen molar-refractivity contribution in [2.24, 2.45) is 12.5 Å². The molecule has 23 heavy (non-hydrogen) atoms. The van der Waals surface area contributed by atoms with E-state index in [4.69, 9.17) is 0 Å². The Kier molecular flexibility index (Phi) is 4.92. The summed E-state index contributed by atoms with van der Waals surface area (Å²) in [7, 11) is 3.44. The molecule has 0 unspecified atom stereocenters. The lowest BCUT2D eigenvalue weighted by atomic mass is 9.75. The Hall–Kier alpha value is -2.11. The largest absolute Gasteiger partial charge is 0.359 e. The van der Waals surface area contributed by atoms with E-state index in [1.807, 2.05) is 13.8 Å². The Labute approximate surface area is 136 Å². The van der Waals surface area contributed by atoms with Gasteiger partial charge in [0, 0.05) is 45.0 Å². The smallest absolute Gasteiger partial charge is 0.270 e. The molecular weight excluding hydrogens is 294 g/mol. The van der Waals surface area contributed by atoms with Crippen molar-refractivity contribution in [1.82, 2.24) is 14.8 Å². The summed E-state index contributed by atoms with van der Waals surface area (Å²) < 4.78 is 1.74. The third kappa shape index (κ3) is 3.16. The highest BCUT2D eigenvalue weighted by Gasteiger charge is 2.40. The van der Waals surface area contributed by atoms with E-state index in [0.717, 1.165) is 12.1 Å². The molecule has 2 rings (SSSR count). The van der Waals surface area contributed by atoms with Gasteiger partial charge in [0.05, 0.1) is 5.41 Å². The summed E-state index contributed by atoms with van der Waals surface area (Å²) >= 11 is 0. The minimum absolute atomic E-state index is 0.0510. The van der Waals surface area contributed by atoms with Crippen LogP contribution >= 0.6 is 0 Å². The first-order valence-electron chi connectivity index (χ1n) is 8.04. The SMILES string of the molecule is CCC1(C(=O)NC)CCN(C(=O)c2cc(=O)cc(C)n2C)CC1. The molecule has 0 atom stereocenters. The maximum absolute atomic E-state index is 12.7. The Bertz CT molecular complexity index is 670. The molecule has 1 saturated heterocycles. The second kappa shape index (κ2) is 6.56. The van der Waals surface area contributed by atoms with Crippen LogP contribution in [-0.4, -0.2) is 41.4 Å². The number of nitrogens with zero attached hydrogens (tertiary/aromatic N) is 2. The molecule has 0 bridgehead atoms. The maximum atomic E-state index is 12.7. The topological polar surface area (TPSA) is 71.4 Å². The Morgan fingerprint density at radius 2 is 1.87 bits per heavy atom. The molecule has 0 aliphatic carbocycles. The second-order valence-corrected chi connectivity index (χ2v) is 6.28. The van der Waals surface area contributed by atoms with Crippen LogP contribution in [0.25, 0.3) is 0 Å². The average molecular weight is 319 g/mol. The average Bonchev–Trinajstić information content (AvgIpc) is 2.56. The summed E-state index contributed by atoms with van der Waals surface area (Å²) in [6, 6.07) is 2.90. The first-order valence-corrected chi connectivity index (χ1v) is 8.04. The number of hydrogen-bond donors (Lipinski definition) is 1. The van der Waals surface area contributed by atoms with Gasteiger partial charge < -0.3 is 14.8 Å². The van der Waals surface area contributed by atoms with Crippen LogP contribution in [0.4, 0.5) is 0 Å².